The molecule has 0 aliphatic rings. The second-order valence-corrected chi connectivity index (χ2v) is 3.55. The Labute approximate surface area is 93.7 Å². The summed E-state index contributed by atoms with van der Waals surface area (Å²) in [7, 11) is 0. The van der Waals surface area contributed by atoms with Crippen LogP contribution in [0.25, 0.3) is 0 Å². The standard InChI is InChI=1S/C11H14N4O/c1-8-3-2-4-9(11(8)12)13-6-5-10-14-7-15-16-10/h2-4,7,13H,5-6,12H2,1H3. The Balaban J connectivity index is 1.92. The zero-order chi connectivity index (χ0) is 11.4. The Kier molecular flexibility index (Phi) is 3.05. The molecule has 1 heterocycles. The largest absolute Gasteiger partial charge is 0.397 e. The van der Waals surface area contributed by atoms with Crippen molar-refractivity contribution >= 4 is 11.4 Å². The Hall–Kier alpha value is -2.04. The molecule has 0 saturated heterocycles. The molecule has 1 aromatic carbocycles. The summed E-state index contributed by atoms with van der Waals surface area (Å²) in [4.78, 5) is 3.94. The summed E-state index contributed by atoms with van der Waals surface area (Å²) < 4.78 is 4.89. The smallest absolute Gasteiger partial charge is 0.228 e. The van der Waals surface area contributed by atoms with Crippen molar-refractivity contribution in [1.29, 1.82) is 0 Å². The molecule has 0 bridgehead atoms. The quantitative estimate of drug-likeness (QED) is 0.762. The molecule has 0 amide bonds. The topological polar surface area (TPSA) is 77.0 Å². The second kappa shape index (κ2) is 4.65. The number of aromatic nitrogens is 2. The van der Waals surface area contributed by atoms with Gasteiger partial charge in [0.15, 0.2) is 6.33 Å². The lowest BCUT2D eigenvalue weighted by Crippen LogP contribution is -2.07. The van der Waals surface area contributed by atoms with E-state index in [0.717, 1.165) is 23.5 Å². The van der Waals surface area contributed by atoms with Crippen LogP contribution in [0.4, 0.5) is 11.4 Å². The van der Waals surface area contributed by atoms with E-state index in [1.54, 1.807) is 0 Å². The number of nitrogens with zero attached hydrogens (tertiary/aromatic N) is 2. The number of nitrogens with two attached hydrogens (primary N) is 1. The summed E-state index contributed by atoms with van der Waals surface area (Å²) in [5.74, 6) is 0.624. The second-order valence-electron chi connectivity index (χ2n) is 3.55. The average molecular weight is 218 g/mol. The molecule has 5 nitrogen and oxygen atoms in total. The maximum Gasteiger partial charge on any atom is 0.228 e. The molecule has 2 rings (SSSR count). The van der Waals surface area contributed by atoms with Gasteiger partial charge in [0.2, 0.25) is 5.89 Å². The number of nitrogen functional groups attached to an aromatic ring is 1. The van der Waals surface area contributed by atoms with Crippen LogP contribution in [-0.2, 0) is 6.42 Å². The predicted molar refractivity (Wildman–Crippen MR) is 62.1 cm³/mol. The van der Waals surface area contributed by atoms with Gasteiger partial charge >= 0.3 is 0 Å². The summed E-state index contributed by atoms with van der Waals surface area (Å²) in [6, 6.07) is 5.91. The highest BCUT2D eigenvalue weighted by Crippen LogP contribution is 2.21. The van der Waals surface area contributed by atoms with Gasteiger partial charge in [0.25, 0.3) is 0 Å². The first-order chi connectivity index (χ1) is 7.77. The van der Waals surface area contributed by atoms with Crippen molar-refractivity contribution in [1.82, 2.24) is 10.1 Å². The molecule has 0 radical (unpaired) electrons. The van der Waals surface area contributed by atoms with Gasteiger partial charge in [-0.1, -0.05) is 17.3 Å². The summed E-state index contributed by atoms with van der Waals surface area (Å²) >= 11 is 0. The molecule has 5 heteroatoms. The molecular weight excluding hydrogens is 204 g/mol. The van der Waals surface area contributed by atoms with Gasteiger partial charge in [-0.05, 0) is 18.6 Å². The predicted octanol–water partition coefficient (Wildman–Crippen LogP) is 1.61. The van der Waals surface area contributed by atoms with Crippen molar-refractivity contribution in [2.24, 2.45) is 0 Å². The third-order valence-electron chi connectivity index (χ3n) is 2.39. The molecule has 0 unspecified atom stereocenters. The van der Waals surface area contributed by atoms with Gasteiger partial charge in [-0.15, -0.1) is 0 Å². The van der Waals surface area contributed by atoms with Gasteiger partial charge in [0.1, 0.15) is 0 Å². The maximum atomic E-state index is 5.93. The fourth-order valence-corrected chi connectivity index (χ4v) is 1.45. The fraction of sp³-hybridized carbons (Fsp3) is 0.273. The van der Waals surface area contributed by atoms with E-state index in [2.05, 4.69) is 15.5 Å². The molecule has 0 aliphatic heterocycles. The highest BCUT2D eigenvalue weighted by atomic mass is 16.5. The van der Waals surface area contributed by atoms with E-state index in [-0.39, 0.29) is 0 Å². The minimum Gasteiger partial charge on any atom is -0.397 e. The molecule has 16 heavy (non-hydrogen) atoms. The third kappa shape index (κ3) is 2.31. The van der Waals surface area contributed by atoms with Gasteiger partial charge in [-0.25, -0.2) is 0 Å². The Morgan fingerprint density at radius 1 is 1.44 bits per heavy atom. The molecule has 0 saturated carbocycles. The van der Waals surface area contributed by atoms with E-state index in [1.807, 2.05) is 25.1 Å². The number of hydrogen-bond acceptors (Lipinski definition) is 5. The van der Waals surface area contributed by atoms with Crippen molar-refractivity contribution in [2.45, 2.75) is 13.3 Å². The number of para-hydroxylation sites is 1. The van der Waals surface area contributed by atoms with Gasteiger partial charge in [0.05, 0.1) is 11.4 Å². The van der Waals surface area contributed by atoms with Crippen molar-refractivity contribution in [3.8, 4) is 0 Å². The summed E-state index contributed by atoms with van der Waals surface area (Å²) in [5.41, 5.74) is 8.73. The van der Waals surface area contributed by atoms with Gasteiger partial charge < -0.3 is 15.6 Å². The highest BCUT2D eigenvalue weighted by Gasteiger charge is 2.02. The lowest BCUT2D eigenvalue weighted by Gasteiger charge is -2.09. The molecule has 3 N–H and O–H groups in total. The van der Waals surface area contributed by atoms with Crippen LogP contribution < -0.4 is 11.1 Å². The summed E-state index contributed by atoms with van der Waals surface area (Å²) in [5, 5.41) is 6.78. The number of hydrogen-bond donors (Lipinski definition) is 2. The summed E-state index contributed by atoms with van der Waals surface area (Å²) in [6.07, 6.45) is 2.09. The Morgan fingerprint density at radius 3 is 3.06 bits per heavy atom. The number of aryl methyl sites for hydroxylation is 1. The van der Waals surface area contributed by atoms with E-state index < -0.39 is 0 Å². The molecule has 0 spiro atoms. The van der Waals surface area contributed by atoms with Crippen LogP contribution in [0.15, 0.2) is 29.0 Å². The zero-order valence-corrected chi connectivity index (χ0v) is 9.10. The third-order valence-corrected chi connectivity index (χ3v) is 2.39. The number of nitrogens with one attached hydrogen (secondary N) is 1. The molecule has 1 aromatic heterocycles. The van der Waals surface area contributed by atoms with Crippen LogP contribution in [0.3, 0.4) is 0 Å². The van der Waals surface area contributed by atoms with Crippen LogP contribution in [-0.4, -0.2) is 16.7 Å². The van der Waals surface area contributed by atoms with E-state index in [1.165, 1.54) is 6.33 Å². The van der Waals surface area contributed by atoms with E-state index in [9.17, 15) is 0 Å². The Morgan fingerprint density at radius 2 is 2.31 bits per heavy atom. The number of anilines is 2. The molecule has 0 aliphatic carbocycles. The first-order valence-corrected chi connectivity index (χ1v) is 5.12. The Bertz CT molecular complexity index is 453. The van der Waals surface area contributed by atoms with Crippen molar-refractivity contribution in [3.63, 3.8) is 0 Å². The molecule has 84 valence electrons. The zero-order valence-electron chi connectivity index (χ0n) is 9.10. The van der Waals surface area contributed by atoms with Crippen LogP contribution in [0.2, 0.25) is 0 Å². The first kappa shape index (κ1) is 10.5. The van der Waals surface area contributed by atoms with Crippen LogP contribution in [0, 0.1) is 6.92 Å². The van der Waals surface area contributed by atoms with E-state index in [4.69, 9.17) is 10.3 Å². The lowest BCUT2D eigenvalue weighted by molar-refractivity contribution is 0.380. The average Bonchev–Trinajstić information content (AvgIpc) is 2.77. The van der Waals surface area contributed by atoms with Gasteiger partial charge in [-0.3, -0.25) is 0 Å². The van der Waals surface area contributed by atoms with Crippen molar-refractivity contribution < 1.29 is 4.52 Å². The van der Waals surface area contributed by atoms with E-state index >= 15 is 0 Å². The van der Waals surface area contributed by atoms with Crippen molar-refractivity contribution in [3.05, 3.63) is 36.0 Å². The van der Waals surface area contributed by atoms with Gasteiger partial charge in [0, 0.05) is 13.0 Å². The van der Waals surface area contributed by atoms with Crippen LogP contribution in [0.5, 0.6) is 0 Å². The number of benzene rings is 1. The monoisotopic (exact) mass is 218 g/mol. The summed E-state index contributed by atoms with van der Waals surface area (Å²) in [6.45, 7) is 2.70. The van der Waals surface area contributed by atoms with Gasteiger partial charge in [-0.2, -0.15) is 4.98 Å². The van der Waals surface area contributed by atoms with E-state index in [0.29, 0.717) is 12.3 Å². The number of rotatable bonds is 4. The van der Waals surface area contributed by atoms with Crippen LogP contribution >= 0.6 is 0 Å². The molecule has 0 fully saturated rings. The normalized spacial score (nSPS) is 10.3. The fourth-order valence-electron chi connectivity index (χ4n) is 1.45. The minimum absolute atomic E-state index is 0.624. The maximum absolute atomic E-state index is 5.93. The first-order valence-electron chi connectivity index (χ1n) is 5.12. The molecule has 0 atom stereocenters. The van der Waals surface area contributed by atoms with Crippen molar-refractivity contribution in [2.75, 3.05) is 17.6 Å². The van der Waals surface area contributed by atoms with Crippen LogP contribution in [0.1, 0.15) is 11.5 Å². The molecule has 2 aromatic rings. The molecular formula is C11H14N4O. The lowest BCUT2D eigenvalue weighted by atomic mass is 10.1. The highest BCUT2D eigenvalue weighted by molar-refractivity contribution is 5.69. The SMILES string of the molecule is Cc1cccc(NCCc2ncno2)c1N. The minimum atomic E-state index is 0.624.